The maximum Gasteiger partial charge on any atom is 0.238 e. The summed E-state index contributed by atoms with van der Waals surface area (Å²) in [5.74, 6) is 1.77. The summed E-state index contributed by atoms with van der Waals surface area (Å²) in [6.07, 6.45) is 0. The van der Waals surface area contributed by atoms with Crippen LogP contribution in [0.4, 0.5) is 0 Å². The maximum atomic E-state index is 9.72. The van der Waals surface area contributed by atoms with Crippen LogP contribution in [0.15, 0.2) is 164 Å². The van der Waals surface area contributed by atoms with Gasteiger partial charge < -0.3 is 4.57 Å². The van der Waals surface area contributed by atoms with Crippen molar-refractivity contribution in [1.29, 1.82) is 10.5 Å². The first-order valence-corrected chi connectivity index (χ1v) is 17.6. The molecule has 0 spiro atoms. The van der Waals surface area contributed by atoms with Gasteiger partial charge in [0.05, 0.1) is 45.3 Å². The van der Waals surface area contributed by atoms with Crippen molar-refractivity contribution in [2.24, 2.45) is 0 Å². The standard InChI is InChI=1S/C47H27N7/c48-28-30-23-31(29-49)25-36(24-30)53-41-17-9-7-15-37(41)39-26-34(19-21-43(39)53)35-20-22-44-40(27-35)38-16-8-10-18-42(38)54(44)47-51-45(32-11-3-1-4-12-32)50-46(52-47)33-13-5-2-6-14-33/h1-27H. The third-order valence-corrected chi connectivity index (χ3v) is 10.0. The van der Waals surface area contributed by atoms with Gasteiger partial charge in [0.2, 0.25) is 5.95 Å². The van der Waals surface area contributed by atoms with E-state index < -0.39 is 0 Å². The molecule has 0 amide bonds. The van der Waals surface area contributed by atoms with E-state index >= 15 is 0 Å². The Morgan fingerprint density at radius 1 is 0.370 bits per heavy atom. The molecule has 3 aromatic heterocycles. The fourth-order valence-corrected chi connectivity index (χ4v) is 7.57. The molecular weight excluding hydrogens is 663 g/mol. The van der Waals surface area contributed by atoms with E-state index in [1.807, 2.05) is 91.0 Å². The summed E-state index contributed by atoms with van der Waals surface area (Å²) in [7, 11) is 0. The summed E-state index contributed by atoms with van der Waals surface area (Å²) in [5, 5.41) is 23.8. The van der Waals surface area contributed by atoms with Crippen LogP contribution in [0.3, 0.4) is 0 Å². The minimum atomic E-state index is 0.448. The lowest BCUT2D eigenvalue weighted by molar-refractivity contribution is 0.953. The average molecular weight is 690 g/mol. The number of nitrogens with zero attached hydrogens (tertiary/aromatic N) is 7. The van der Waals surface area contributed by atoms with Crippen molar-refractivity contribution in [3.05, 3.63) is 175 Å². The molecule has 7 nitrogen and oxygen atoms in total. The van der Waals surface area contributed by atoms with E-state index in [0.29, 0.717) is 28.7 Å². The van der Waals surface area contributed by atoms with E-state index in [4.69, 9.17) is 15.0 Å². The fourth-order valence-electron chi connectivity index (χ4n) is 7.57. The third-order valence-electron chi connectivity index (χ3n) is 10.0. The van der Waals surface area contributed by atoms with Gasteiger partial charge in [-0.2, -0.15) is 20.5 Å². The van der Waals surface area contributed by atoms with Gasteiger partial charge in [0.25, 0.3) is 0 Å². The Labute approximate surface area is 309 Å². The van der Waals surface area contributed by atoms with Gasteiger partial charge in [0.1, 0.15) is 0 Å². The first kappa shape index (κ1) is 30.9. The van der Waals surface area contributed by atoms with Crippen LogP contribution in [-0.4, -0.2) is 24.1 Å². The molecule has 0 aliphatic rings. The van der Waals surface area contributed by atoms with Gasteiger partial charge in [-0.15, -0.1) is 0 Å². The average Bonchev–Trinajstić information content (AvgIpc) is 3.76. The highest BCUT2D eigenvalue weighted by Crippen LogP contribution is 2.38. The molecule has 0 N–H and O–H groups in total. The fraction of sp³-hybridized carbons (Fsp3) is 0. The lowest BCUT2D eigenvalue weighted by atomic mass is 10.0. The molecule has 0 radical (unpaired) electrons. The Bertz CT molecular complexity index is 3090. The minimum absolute atomic E-state index is 0.448. The van der Waals surface area contributed by atoms with Gasteiger partial charge >= 0.3 is 0 Å². The second-order valence-corrected chi connectivity index (χ2v) is 13.2. The Hall–Kier alpha value is -7.87. The summed E-state index contributed by atoms with van der Waals surface area (Å²) in [6.45, 7) is 0. The van der Waals surface area contributed by atoms with Crippen molar-refractivity contribution in [3.8, 4) is 57.7 Å². The smallest absolute Gasteiger partial charge is 0.238 e. The minimum Gasteiger partial charge on any atom is -0.309 e. The molecule has 0 aliphatic heterocycles. The molecule has 0 saturated carbocycles. The number of nitriles is 2. The molecule has 10 rings (SSSR count). The number of hydrogen-bond donors (Lipinski definition) is 0. The normalized spacial score (nSPS) is 11.3. The SMILES string of the molecule is N#Cc1cc(C#N)cc(-n2c3ccccc3c3cc(-c4ccc5c(c4)c4ccccc4n5-c4nc(-c5ccccc5)nc(-c5ccccc5)n4)ccc32)c1. The number of aromatic nitrogens is 5. The number of para-hydroxylation sites is 2. The molecule has 0 unspecified atom stereocenters. The lowest BCUT2D eigenvalue weighted by Crippen LogP contribution is -2.06. The zero-order valence-electron chi connectivity index (χ0n) is 28.7. The van der Waals surface area contributed by atoms with Crippen molar-refractivity contribution in [1.82, 2.24) is 24.1 Å². The molecule has 0 atom stereocenters. The van der Waals surface area contributed by atoms with Gasteiger partial charge in [0.15, 0.2) is 11.6 Å². The largest absolute Gasteiger partial charge is 0.309 e. The molecule has 10 aromatic rings. The number of benzene rings is 7. The lowest BCUT2D eigenvalue weighted by Gasteiger charge is -2.11. The predicted molar refractivity (Wildman–Crippen MR) is 214 cm³/mol. The second kappa shape index (κ2) is 12.4. The van der Waals surface area contributed by atoms with Gasteiger partial charge in [-0.05, 0) is 65.7 Å². The van der Waals surface area contributed by atoms with Gasteiger partial charge in [0, 0.05) is 38.4 Å². The second-order valence-electron chi connectivity index (χ2n) is 13.2. The van der Waals surface area contributed by atoms with E-state index in [-0.39, 0.29) is 0 Å². The van der Waals surface area contributed by atoms with E-state index in [1.165, 1.54) is 0 Å². The highest BCUT2D eigenvalue weighted by Gasteiger charge is 2.19. The molecule has 7 heteroatoms. The van der Waals surface area contributed by atoms with Crippen molar-refractivity contribution < 1.29 is 0 Å². The predicted octanol–water partition coefficient (Wildman–Crippen LogP) is 10.8. The van der Waals surface area contributed by atoms with Crippen LogP contribution in [0.1, 0.15) is 11.1 Å². The van der Waals surface area contributed by atoms with E-state index in [2.05, 4.69) is 88.0 Å². The highest BCUT2D eigenvalue weighted by atomic mass is 15.2. The summed E-state index contributed by atoms with van der Waals surface area (Å²) in [6, 6.07) is 59.5. The van der Waals surface area contributed by atoms with E-state index in [0.717, 1.165) is 71.6 Å². The van der Waals surface area contributed by atoms with Crippen molar-refractivity contribution in [2.45, 2.75) is 0 Å². The molecular formula is C47H27N7. The molecule has 3 heterocycles. The molecule has 0 bridgehead atoms. The molecule has 54 heavy (non-hydrogen) atoms. The van der Waals surface area contributed by atoms with E-state index in [1.54, 1.807) is 6.07 Å². The number of rotatable bonds is 5. The van der Waals surface area contributed by atoms with Crippen molar-refractivity contribution in [3.63, 3.8) is 0 Å². The summed E-state index contributed by atoms with van der Waals surface area (Å²) in [4.78, 5) is 15.1. The highest BCUT2D eigenvalue weighted by molar-refractivity contribution is 6.12. The first-order valence-electron chi connectivity index (χ1n) is 17.6. The zero-order chi connectivity index (χ0) is 36.2. The Balaban J connectivity index is 1.16. The van der Waals surface area contributed by atoms with Crippen LogP contribution < -0.4 is 0 Å². The van der Waals surface area contributed by atoms with Gasteiger partial charge in [-0.25, -0.2) is 4.98 Å². The molecule has 7 aromatic carbocycles. The number of fused-ring (bicyclic) bond motifs is 6. The zero-order valence-corrected chi connectivity index (χ0v) is 28.7. The first-order chi connectivity index (χ1) is 26.7. The molecule has 0 aliphatic carbocycles. The molecule has 0 saturated heterocycles. The Morgan fingerprint density at radius 2 is 0.815 bits per heavy atom. The van der Waals surface area contributed by atoms with Crippen LogP contribution in [0.25, 0.3) is 89.2 Å². The quantitative estimate of drug-likeness (QED) is 0.179. The van der Waals surface area contributed by atoms with Gasteiger partial charge in [-0.1, -0.05) is 109 Å². The van der Waals surface area contributed by atoms with Crippen LogP contribution in [0, 0.1) is 22.7 Å². The van der Waals surface area contributed by atoms with Crippen LogP contribution in [0.2, 0.25) is 0 Å². The van der Waals surface area contributed by atoms with Crippen LogP contribution >= 0.6 is 0 Å². The number of hydrogen-bond acceptors (Lipinski definition) is 5. The molecule has 250 valence electrons. The maximum absolute atomic E-state index is 9.72. The summed E-state index contributed by atoms with van der Waals surface area (Å²) < 4.78 is 4.27. The van der Waals surface area contributed by atoms with E-state index in [9.17, 15) is 10.5 Å². The van der Waals surface area contributed by atoms with Crippen LogP contribution in [-0.2, 0) is 0 Å². The van der Waals surface area contributed by atoms with Crippen LogP contribution in [0.5, 0.6) is 0 Å². The Morgan fingerprint density at radius 3 is 1.33 bits per heavy atom. The molecule has 0 fully saturated rings. The Kier molecular flexibility index (Phi) is 7.11. The van der Waals surface area contributed by atoms with Gasteiger partial charge in [-0.3, -0.25) is 4.57 Å². The third kappa shape index (κ3) is 5.00. The topological polar surface area (TPSA) is 96.1 Å². The summed E-state index contributed by atoms with van der Waals surface area (Å²) >= 11 is 0. The van der Waals surface area contributed by atoms with Crippen molar-refractivity contribution in [2.75, 3.05) is 0 Å². The summed E-state index contributed by atoms with van der Waals surface area (Å²) in [5.41, 5.74) is 9.66. The van der Waals surface area contributed by atoms with Crippen molar-refractivity contribution >= 4 is 43.6 Å². The monoisotopic (exact) mass is 689 g/mol.